The Morgan fingerprint density at radius 1 is 0.769 bits per heavy atom. The minimum Gasteiger partial charge on any atom is -0.497 e. The van der Waals surface area contributed by atoms with Gasteiger partial charge in [0.15, 0.2) is 0 Å². The highest BCUT2D eigenvalue weighted by Crippen LogP contribution is 2.43. The van der Waals surface area contributed by atoms with E-state index in [1.165, 1.54) is 22.4 Å². The highest BCUT2D eigenvalue weighted by molar-refractivity contribution is 6.09. The van der Waals surface area contributed by atoms with Crippen LogP contribution in [0.2, 0.25) is 0 Å². The van der Waals surface area contributed by atoms with Crippen molar-refractivity contribution in [3.63, 3.8) is 0 Å². The fourth-order valence-electron chi connectivity index (χ4n) is 5.68. The molecule has 5 nitrogen and oxygen atoms in total. The summed E-state index contributed by atoms with van der Waals surface area (Å²) >= 11 is 0. The summed E-state index contributed by atoms with van der Waals surface area (Å²) in [7, 11) is 3.41. The molecule has 5 heteroatoms. The van der Waals surface area contributed by atoms with Crippen LogP contribution in [-0.2, 0) is 6.54 Å². The first-order valence-electron chi connectivity index (χ1n) is 13.4. The summed E-state index contributed by atoms with van der Waals surface area (Å²) in [6, 6.07) is 38.0. The normalized spacial score (nSPS) is 20.0. The van der Waals surface area contributed by atoms with Gasteiger partial charge in [-0.1, -0.05) is 72.8 Å². The number of fused-ring (bicyclic) bond motifs is 1. The van der Waals surface area contributed by atoms with Crippen LogP contribution in [0.3, 0.4) is 0 Å². The Hall–Kier alpha value is -4.35. The van der Waals surface area contributed by atoms with Gasteiger partial charge in [0.25, 0.3) is 0 Å². The lowest BCUT2D eigenvalue weighted by Crippen LogP contribution is -2.43. The van der Waals surface area contributed by atoms with E-state index in [0.29, 0.717) is 0 Å². The van der Waals surface area contributed by atoms with Crippen LogP contribution in [0.5, 0.6) is 11.5 Å². The molecule has 39 heavy (non-hydrogen) atoms. The van der Waals surface area contributed by atoms with Crippen molar-refractivity contribution in [1.82, 2.24) is 4.90 Å². The largest absolute Gasteiger partial charge is 0.497 e. The molecule has 0 aliphatic carbocycles. The second-order valence-corrected chi connectivity index (χ2v) is 10.1. The number of hydrogen-bond donors (Lipinski definition) is 0. The number of methoxy groups -OCH3 is 2. The molecule has 2 atom stereocenters. The molecule has 0 saturated carbocycles. The van der Waals surface area contributed by atoms with Crippen molar-refractivity contribution >= 4 is 17.5 Å². The summed E-state index contributed by atoms with van der Waals surface area (Å²) in [6.07, 6.45) is 2.29. The lowest BCUT2D eigenvalue weighted by molar-refractivity contribution is 0.245. The molecule has 2 heterocycles. The molecule has 0 spiro atoms. The molecule has 1 fully saturated rings. The van der Waals surface area contributed by atoms with Crippen LogP contribution in [0, 0.1) is 5.92 Å². The quantitative estimate of drug-likeness (QED) is 0.270. The average molecular weight is 516 g/mol. The van der Waals surface area contributed by atoms with Crippen LogP contribution < -0.4 is 14.5 Å². The molecule has 0 bridgehead atoms. The van der Waals surface area contributed by atoms with E-state index in [4.69, 9.17) is 14.6 Å². The van der Waals surface area contributed by atoms with Crippen LogP contribution in [0.25, 0.3) is 6.08 Å². The minimum atomic E-state index is 0.0751. The molecule has 1 saturated heterocycles. The predicted octanol–water partition coefficient (Wildman–Crippen LogP) is 6.84. The van der Waals surface area contributed by atoms with E-state index in [1.54, 1.807) is 14.2 Å². The molecule has 0 radical (unpaired) electrons. The zero-order valence-electron chi connectivity index (χ0n) is 22.4. The second-order valence-electron chi connectivity index (χ2n) is 10.1. The van der Waals surface area contributed by atoms with E-state index >= 15 is 0 Å². The summed E-state index contributed by atoms with van der Waals surface area (Å²) in [5.74, 6) is 1.93. The van der Waals surface area contributed by atoms with Gasteiger partial charge in [-0.05, 0) is 64.7 Å². The van der Waals surface area contributed by atoms with Crippen molar-refractivity contribution in [2.75, 3.05) is 32.3 Å². The Morgan fingerprint density at radius 3 is 2.03 bits per heavy atom. The maximum absolute atomic E-state index is 5.46. The smallest absolute Gasteiger partial charge is 0.118 e. The van der Waals surface area contributed by atoms with Crippen molar-refractivity contribution < 1.29 is 9.47 Å². The van der Waals surface area contributed by atoms with Gasteiger partial charge in [-0.15, -0.1) is 0 Å². The average Bonchev–Trinajstić information content (AvgIpc) is 3.38. The van der Waals surface area contributed by atoms with Crippen molar-refractivity contribution in [2.45, 2.75) is 12.6 Å². The van der Waals surface area contributed by atoms with Crippen LogP contribution in [0.15, 0.2) is 120 Å². The molecule has 4 aromatic rings. The highest BCUT2D eigenvalue weighted by Gasteiger charge is 2.44. The summed E-state index contributed by atoms with van der Waals surface area (Å²) in [5, 5.41) is 7.55. The predicted molar refractivity (Wildman–Crippen MR) is 158 cm³/mol. The number of anilines is 1. The van der Waals surface area contributed by atoms with Crippen LogP contribution in [-0.4, -0.2) is 37.9 Å². The number of nitrogens with zero attached hydrogens (tertiary/aromatic N) is 3. The van der Waals surface area contributed by atoms with Crippen molar-refractivity contribution in [1.29, 1.82) is 0 Å². The van der Waals surface area contributed by atoms with Crippen molar-refractivity contribution in [3.8, 4) is 11.5 Å². The van der Waals surface area contributed by atoms with Gasteiger partial charge in [-0.3, -0.25) is 9.91 Å². The lowest BCUT2D eigenvalue weighted by atomic mass is 9.82. The maximum Gasteiger partial charge on any atom is 0.118 e. The number of hydrazone groups is 1. The fourth-order valence-corrected chi connectivity index (χ4v) is 5.68. The van der Waals surface area contributed by atoms with Gasteiger partial charge in [0.2, 0.25) is 0 Å². The van der Waals surface area contributed by atoms with Crippen molar-refractivity contribution in [3.05, 3.63) is 131 Å². The summed E-state index contributed by atoms with van der Waals surface area (Å²) < 4.78 is 10.9. The zero-order chi connectivity index (χ0) is 26.6. The number of ether oxygens (including phenoxy) is 2. The molecule has 2 aliphatic rings. The first-order chi connectivity index (χ1) is 19.2. The topological polar surface area (TPSA) is 37.3 Å². The molecule has 0 N–H and O–H groups in total. The Bertz CT molecular complexity index is 1450. The van der Waals surface area contributed by atoms with Crippen LogP contribution in [0.4, 0.5) is 5.69 Å². The third-order valence-electron chi connectivity index (χ3n) is 7.57. The van der Waals surface area contributed by atoms with Gasteiger partial charge < -0.3 is 9.47 Å². The number of hydrogen-bond acceptors (Lipinski definition) is 5. The van der Waals surface area contributed by atoms with E-state index in [9.17, 15) is 0 Å². The Labute approximate surface area is 230 Å². The molecule has 196 valence electrons. The molecule has 4 aromatic carbocycles. The summed E-state index contributed by atoms with van der Waals surface area (Å²) in [4.78, 5) is 2.55. The Balaban J connectivity index is 1.43. The summed E-state index contributed by atoms with van der Waals surface area (Å²) in [5.41, 5.74) is 7.21. The minimum absolute atomic E-state index is 0.0751. The SMILES string of the molecule is COc1ccc(/C=C2\CN(Cc3ccccc3)C[C@@H]3C2=NN(c2ccccc2)[C@@H]3c2ccc(OC)cc2)cc1. The van der Waals surface area contributed by atoms with E-state index in [0.717, 1.165) is 42.4 Å². The number of benzene rings is 4. The molecule has 0 amide bonds. The number of piperidine rings is 1. The van der Waals surface area contributed by atoms with Gasteiger partial charge in [-0.25, -0.2) is 0 Å². The molecule has 0 aromatic heterocycles. The standard InChI is InChI=1S/C34H33N3O2/c1-38-30-17-13-25(14-18-30)21-28-23-36(22-26-9-5-3-6-10-26)24-32-33(28)35-37(29-11-7-4-8-12-29)34(32)27-15-19-31(39-2)20-16-27/h3-21,32,34H,22-24H2,1-2H3/b28-21+/t32-,34-/m1/s1. The van der Waals surface area contributed by atoms with E-state index in [2.05, 4.69) is 113 Å². The monoisotopic (exact) mass is 515 g/mol. The van der Waals surface area contributed by atoms with E-state index in [-0.39, 0.29) is 12.0 Å². The Morgan fingerprint density at radius 2 is 1.38 bits per heavy atom. The first kappa shape index (κ1) is 25.0. The maximum atomic E-state index is 5.46. The fraction of sp³-hybridized carbons (Fsp3) is 0.206. The van der Waals surface area contributed by atoms with E-state index in [1.807, 2.05) is 12.1 Å². The van der Waals surface area contributed by atoms with Gasteiger partial charge in [0.05, 0.1) is 31.7 Å². The third-order valence-corrected chi connectivity index (χ3v) is 7.57. The van der Waals surface area contributed by atoms with Gasteiger partial charge in [0.1, 0.15) is 11.5 Å². The second kappa shape index (κ2) is 11.2. The first-order valence-corrected chi connectivity index (χ1v) is 13.4. The van der Waals surface area contributed by atoms with Gasteiger partial charge in [0, 0.05) is 25.6 Å². The third kappa shape index (κ3) is 5.31. The highest BCUT2D eigenvalue weighted by atomic mass is 16.5. The lowest BCUT2D eigenvalue weighted by Gasteiger charge is -2.36. The van der Waals surface area contributed by atoms with Crippen LogP contribution >= 0.6 is 0 Å². The molecule has 0 unspecified atom stereocenters. The van der Waals surface area contributed by atoms with Gasteiger partial charge in [-0.2, -0.15) is 5.10 Å². The zero-order valence-corrected chi connectivity index (χ0v) is 22.4. The summed E-state index contributed by atoms with van der Waals surface area (Å²) in [6.45, 7) is 2.66. The number of likely N-dealkylation sites (tertiary alicyclic amines) is 1. The number of para-hydroxylation sites is 1. The molecular weight excluding hydrogens is 482 g/mol. The molecule has 2 aliphatic heterocycles. The van der Waals surface area contributed by atoms with Gasteiger partial charge >= 0.3 is 0 Å². The van der Waals surface area contributed by atoms with E-state index < -0.39 is 0 Å². The van der Waals surface area contributed by atoms with Crippen molar-refractivity contribution in [2.24, 2.45) is 11.0 Å². The molecular formula is C34H33N3O2. The Kier molecular flexibility index (Phi) is 7.15. The molecule has 6 rings (SSSR count). The van der Waals surface area contributed by atoms with Crippen LogP contribution in [0.1, 0.15) is 22.7 Å². The number of rotatable bonds is 7.